The third-order valence-corrected chi connectivity index (χ3v) is 4.08. The van der Waals surface area contributed by atoms with E-state index in [1.165, 1.54) is 6.92 Å². The summed E-state index contributed by atoms with van der Waals surface area (Å²) in [6.45, 7) is 3.27. The first-order valence-corrected chi connectivity index (χ1v) is 8.63. The summed E-state index contributed by atoms with van der Waals surface area (Å²) in [5.74, 6) is 2.45. The van der Waals surface area contributed by atoms with Crippen LogP contribution in [0.5, 0.6) is 11.5 Å². The average molecular weight is 353 g/mol. The summed E-state index contributed by atoms with van der Waals surface area (Å²) in [5, 5.41) is 2.82. The van der Waals surface area contributed by atoms with Gasteiger partial charge in [0.1, 0.15) is 23.9 Å². The Bertz CT molecular complexity index is 889. The summed E-state index contributed by atoms with van der Waals surface area (Å²) >= 11 is 0. The number of rotatable bonds is 8. The van der Waals surface area contributed by atoms with Crippen molar-refractivity contribution in [1.82, 2.24) is 14.9 Å². The van der Waals surface area contributed by atoms with Crippen LogP contribution in [0.2, 0.25) is 0 Å². The number of ether oxygens (including phenoxy) is 2. The lowest BCUT2D eigenvalue weighted by molar-refractivity contribution is -0.118. The van der Waals surface area contributed by atoms with E-state index in [9.17, 15) is 4.79 Å². The van der Waals surface area contributed by atoms with E-state index in [0.717, 1.165) is 28.4 Å². The third kappa shape index (κ3) is 4.33. The molecule has 1 amide bonds. The quantitative estimate of drug-likeness (QED) is 0.676. The first-order chi connectivity index (χ1) is 12.7. The van der Waals surface area contributed by atoms with Gasteiger partial charge in [0.2, 0.25) is 5.91 Å². The molecule has 3 aromatic rings. The van der Waals surface area contributed by atoms with Crippen molar-refractivity contribution in [2.24, 2.45) is 0 Å². The number of nitrogens with zero attached hydrogens (tertiary/aromatic N) is 2. The molecule has 0 spiro atoms. The Morgan fingerprint density at radius 1 is 1.15 bits per heavy atom. The molecule has 0 atom stereocenters. The molecule has 1 aromatic heterocycles. The van der Waals surface area contributed by atoms with Gasteiger partial charge in [-0.15, -0.1) is 0 Å². The fourth-order valence-corrected chi connectivity index (χ4v) is 2.86. The van der Waals surface area contributed by atoms with E-state index in [2.05, 4.69) is 16.0 Å². The van der Waals surface area contributed by atoms with Gasteiger partial charge < -0.3 is 19.4 Å². The molecule has 6 heteroatoms. The Balaban J connectivity index is 1.71. The molecule has 2 aromatic carbocycles. The van der Waals surface area contributed by atoms with Crippen LogP contribution in [0.1, 0.15) is 12.7 Å². The Kier molecular flexibility index (Phi) is 5.73. The van der Waals surface area contributed by atoms with E-state index in [-0.39, 0.29) is 5.91 Å². The minimum atomic E-state index is -0.0333. The van der Waals surface area contributed by atoms with Crippen LogP contribution >= 0.6 is 0 Å². The van der Waals surface area contributed by atoms with Crippen molar-refractivity contribution >= 4 is 16.9 Å². The lowest BCUT2D eigenvalue weighted by atomic mass is 10.3. The van der Waals surface area contributed by atoms with Gasteiger partial charge in [-0.3, -0.25) is 4.79 Å². The lowest BCUT2D eigenvalue weighted by Crippen LogP contribution is -2.24. The fraction of sp³-hybridized carbons (Fsp3) is 0.300. The first-order valence-electron chi connectivity index (χ1n) is 8.63. The number of aromatic nitrogens is 2. The molecule has 3 rings (SSSR count). The number of para-hydroxylation sites is 2. The molecule has 0 saturated carbocycles. The van der Waals surface area contributed by atoms with Gasteiger partial charge in [-0.05, 0) is 24.3 Å². The van der Waals surface area contributed by atoms with E-state index < -0.39 is 0 Å². The van der Waals surface area contributed by atoms with E-state index in [4.69, 9.17) is 14.5 Å². The number of hydrogen-bond donors (Lipinski definition) is 1. The molecule has 0 aliphatic heterocycles. The van der Waals surface area contributed by atoms with Crippen LogP contribution in [0.4, 0.5) is 0 Å². The largest absolute Gasteiger partial charge is 0.497 e. The molecular formula is C20H23N3O3. The molecule has 0 saturated heterocycles. The minimum absolute atomic E-state index is 0.0333. The second kappa shape index (κ2) is 8.38. The Hall–Kier alpha value is -3.02. The predicted molar refractivity (Wildman–Crippen MR) is 101 cm³/mol. The molecule has 1 N–H and O–H groups in total. The Morgan fingerprint density at radius 2 is 1.96 bits per heavy atom. The molecule has 0 aliphatic rings. The molecule has 0 fully saturated rings. The molecule has 6 nitrogen and oxygen atoms in total. The molecule has 26 heavy (non-hydrogen) atoms. The van der Waals surface area contributed by atoms with Crippen molar-refractivity contribution in [2.45, 2.75) is 19.9 Å². The van der Waals surface area contributed by atoms with Gasteiger partial charge >= 0.3 is 0 Å². The van der Waals surface area contributed by atoms with E-state index in [1.807, 2.05) is 42.5 Å². The second-order valence-electron chi connectivity index (χ2n) is 5.93. The van der Waals surface area contributed by atoms with Crippen LogP contribution in [0.25, 0.3) is 11.0 Å². The van der Waals surface area contributed by atoms with Crippen molar-refractivity contribution in [2.75, 3.05) is 20.3 Å². The summed E-state index contributed by atoms with van der Waals surface area (Å²) in [7, 11) is 1.64. The van der Waals surface area contributed by atoms with Gasteiger partial charge in [0.25, 0.3) is 0 Å². The number of hydrogen-bond acceptors (Lipinski definition) is 4. The van der Waals surface area contributed by atoms with Crippen LogP contribution in [-0.4, -0.2) is 35.7 Å². The molecule has 1 heterocycles. The molecule has 0 bridgehead atoms. The topological polar surface area (TPSA) is 65.4 Å². The molecular weight excluding hydrogens is 330 g/mol. The molecule has 0 unspecified atom stereocenters. The number of carbonyl (C=O) groups is 1. The van der Waals surface area contributed by atoms with Crippen molar-refractivity contribution < 1.29 is 14.3 Å². The number of methoxy groups -OCH3 is 1. The minimum Gasteiger partial charge on any atom is -0.497 e. The summed E-state index contributed by atoms with van der Waals surface area (Å²) in [4.78, 5) is 15.8. The van der Waals surface area contributed by atoms with Crippen molar-refractivity contribution in [3.63, 3.8) is 0 Å². The maximum absolute atomic E-state index is 11.1. The molecule has 0 radical (unpaired) electrons. The molecule has 136 valence electrons. The zero-order valence-electron chi connectivity index (χ0n) is 15.1. The van der Waals surface area contributed by atoms with Crippen molar-refractivity contribution in [1.29, 1.82) is 0 Å². The Labute approximate surface area is 152 Å². The van der Waals surface area contributed by atoms with Gasteiger partial charge in [0.05, 0.1) is 24.7 Å². The third-order valence-electron chi connectivity index (χ3n) is 4.08. The number of nitrogens with one attached hydrogen (secondary N) is 1. The molecule has 0 aliphatic carbocycles. The fourth-order valence-electron chi connectivity index (χ4n) is 2.86. The van der Waals surface area contributed by atoms with Crippen LogP contribution in [0.15, 0.2) is 48.5 Å². The van der Waals surface area contributed by atoms with Crippen molar-refractivity contribution in [3.05, 3.63) is 54.4 Å². The maximum atomic E-state index is 11.1. The highest BCUT2D eigenvalue weighted by atomic mass is 16.5. The predicted octanol–water partition coefficient (Wildman–Crippen LogP) is 2.80. The van der Waals surface area contributed by atoms with Gasteiger partial charge in [-0.25, -0.2) is 4.98 Å². The first kappa shape index (κ1) is 17.8. The van der Waals surface area contributed by atoms with Crippen LogP contribution in [0, 0.1) is 0 Å². The summed E-state index contributed by atoms with van der Waals surface area (Å²) in [5.41, 5.74) is 2.02. The number of amides is 1. The van der Waals surface area contributed by atoms with Crippen molar-refractivity contribution in [3.8, 4) is 11.5 Å². The number of imidazole rings is 1. The SMILES string of the molecule is COc1cccc(OCCn2c(CCNC(C)=O)nc3ccccc32)c1. The van der Waals surface area contributed by atoms with E-state index in [1.54, 1.807) is 7.11 Å². The number of carbonyl (C=O) groups excluding carboxylic acids is 1. The highest BCUT2D eigenvalue weighted by molar-refractivity contribution is 5.76. The highest BCUT2D eigenvalue weighted by Crippen LogP contribution is 2.20. The second-order valence-corrected chi connectivity index (χ2v) is 5.93. The van der Waals surface area contributed by atoms with Crippen LogP contribution < -0.4 is 14.8 Å². The zero-order valence-corrected chi connectivity index (χ0v) is 15.1. The summed E-state index contributed by atoms with van der Waals surface area (Å²) in [6, 6.07) is 15.6. The summed E-state index contributed by atoms with van der Waals surface area (Å²) < 4.78 is 13.2. The average Bonchev–Trinajstić information content (AvgIpc) is 2.99. The van der Waals surface area contributed by atoms with Crippen LogP contribution in [0.3, 0.4) is 0 Å². The number of fused-ring (bicyclic) bond motifs is 1. The normalized spacial score (nSPS) is 10.7. The number of benzene rings is 2. The van der Waals surface area contributed by atoms with E-state index >= 15 is 0 Å². The van der Waals surface area contributed by atoms with Gasteiger partial charge in [0, 0.05) is 26.0 Å². The highest BCUT2D eigenvalue weighted by Gasteiger charge is 2.10. The van der Waals surface area contributed by atoms with Gasteiger partial charge in [-0.1, -0.05) is 18.2 Å². The standard InChI is InChI=1S/C20H23N3O3/c1-15(24)21-11-10-20-22-18-8-3-4-9-19(18)23(20)12-13-26-17-7-5-6-16(14-17)25-2/h3-9,14H,10-13H2,1-2H3,(H,21,24). The van der Waals surface area contributed by atoms with Gasteiger partial charge in [-0.2, -0.15) is 0 Å². The smallest absolute Gasteiger partial charge is 0.216 e. The van der Waals surface area contributed by atoms with Gasteiger partial charge in [0.15, 0.2) is 0 Å². The lowest BCUT2D eigenvalue weighted by Gasteiger charge is -2.11. The Morgan fingerprint density at radius 3 is 2.77 bits per heavy atom. The summed E-state index contributed by atoms with van der Waals surface area (Å²) in [6.07, 6.45) is 0.674. The maximum Gasteiger partial charge on any atom is 0.216 e. The zero-order chi connectivity index (χ0) is 18.4. The monoisotopic (exact) mass is 353 g/mol. The van der Waals surface area contributed by atoms with E-state index in [0.29, 0.717) is 26.1 Å². The van der Waals surface area contributed by atoms with Crippen LogP contribution in [-0.2, 0) is 17.8 Å².